The zero-order valence-electron chi connectivity index (χ0n) is 9.17. The molecule has 0 amide bonds. The summed E-state index contributed by atoms with van der Waals surface area (Å²) in [5, 5.41) is 3.35. The first-order chi connectivity index (χ1) is 8.04. The summed E-state index contributed by atoms with van der Waals surface area (Å²) >= 11 is 17.4. The molecule has 17 heavy (non-hydrogen) atoms. The van der Waals surface area contributed by atoms with E-state index in [2.05, 4.69) is 10.1 Å². The summed E-state index contributed by atoms with van der Waals surface area (Å²) in [7, 11) is 1.30. The number of ether oxygens (including phenoxy) is 1. The Morgan fingerprint density at radius 3 is 2.71 bits per heavy atom. The zero-order chi connectivity index (χ0) is 12.8. The Bertz CT molecular complexity index is 398. The Balaban J connectivity index is 2.40. The molecule has 0 heterocycles. The van der Waals surface area contributed by atoms with E-state index in [9.17, 15) is 4.79 Å². The maximum Gasteiger partial charge on any atom is 0.325 e. The molecule has 0 saturated carbocycles. The standard InChI is InChI=1S/C11H12Cl3NO2/c1-17-11(16)10(14)6-15-5-7-2-3-8(12)9(13)4-7/h2-4,10,15H,5-6H2,1H3. The van der Waals surface area contributed by atoms with Gasteiger partial charge in [-0.05, 0) is 17.7 Å². The molecule has 1 aromatic rings. The summed E-state index contributed by atoms with van der Waals surface area (Å²) in [5.41, 5.74) is 0.966. The smallest absolute Gasteiger partial charge is 0.325 e. The van der Waals surface area contributed by atoms with E-state index in [1.165, 1.54) is 7.11 Å². The lowest BCUT2D eigenvalue weighted by Crippen LogP contribution is -2.29. The molecular weight excluding hydrogens is 284 g/mol. The Labute approximate surface area is 115 Å². The molecule has 0 aliphatic heterocycles. The fourth-order valence-electron chi connectivity index (χ4n) is 1.20. The summed E-state index contributed by atoms with van der Waals surface area (Å²) in [6, 6.07) is 5.33. The van der Waals surface area contributed by atoms with Gasteiger partial charge < -0.3 is 10.1 Å². The maximum absolute atomic E-state index is 11.0. The van der Waals surface area contributed by atoms with E-state index >= 15 is 0 Å². The second-order valence-corrected chi connectivity index (χ2v) is 4.71. The van der Waals surface area contributed by atoms with Gasteiger partial charge >= 0.3 is 5.97 Å². The van der Waals surface area contributed by atoms with Crippen molar-refractivity contribution in [3.05, 3.63) is 33.8 Å². The van der Waals surface area contributed by atoms with Crippen LogP contribution in [0, 0.1) is 0 Å². The molecule has 0 aliphatic rings. The first-order valence-electron chi connectivity index (χ1n) is 4.91. The van der Waals surface area contributed by atoms with Crippen LogP contribution in [0.15, 0.2) is 18.2 Å². The van der Waals surface area contributed by atoms with Crippen molar-refractivity contribution in [2.24, 2.45) is 0 Å². The Kier molecular flexibility index (Phi) is 6.06. The quantitative estimate of drug-likeness (QED) is 0.671. The number of halogens is 3. The number of carbonyl (C=O) groups excluding carboxylic acids is 1. The van der Waals surface area contributed by atoms with Gasteiger partial charge in [0.15, 0.2) is 0 Å². The molecule has 1 N–H and O–H groups in total. The van der Waals surface area contributed by atoms with Crippen molar-refractivity contribution in [3.8, 4) is 0 Å². The number of carbonyl (C=O) groups is 1. The van der Waals surface area contributed by atoms with Crippen LogP contribution in [-0.2, 0) is 16.1 Å². The van der Waals surface area contributed by atoms with E-state index in [0.717, 1.165) is 5.56 Å². The highest BCUT2D eigenvalue weighted by atomic mass is 35.5. The van der Waals surface area contributed by atoms with E-state index in [1.807, 2.05) is 6.07 Å². The predicted octanol–water partition coefficient (Wildman–Crippen LogP) is 2.86. The van der Waals surface area contributed by atoms with Crippen molar-refractivity contribution in [2.75, 3.05) is 13.7 Å². The molecule has 1 atom stereocenters. The topological polar surface area (TPSA) is 38.3 Å². The first-order valence-corrected chi connectivity index (χ1v) is 6.10. The number of alkyl halides is 1. The lowest BCUT2D eigenvalue weighted by Gasteiger charge is -2.09. The molecule has 0 radical (unpaired) electrons. The van der Waals surface area contributed by atoms with Gasteiger partial charge in [-0.15, -0.1) is 11.6 Å². The molecule has 1 unspecified atom stereocenters. The normalized spacial score (nSPS) is 12.2. The largest absolute Gasteiger partial charge is 0.468 e. The maximum atomic E-state index is 11.0. The molecule has 1 aromatic carbocycles. The second-order valence-electron chi connectivity index (χ2n) is 3.37. The number of methoxy groups -OCH3 is 1. The lowest BCUT2D eigenvalue weighted by molar-refractivity contribution is -0.140. The summed E-state index contributed by atoms with van der Waals surface area (Å²) in [6.45, 7) is 0.881. The van der Waals surface area contributed by atoms with E-state index in [-0.39, 0.29) is 0 Å². The Morgan fingerprint density at radius 2 is 2.12 bits per heavy atom. The average Bonchev–Trinajstić information content (AvgIpc) is 2.32. The average molecular weight is 297 g/mol. The minimum Gasteiger partial charge on any atom is -0.468 e. The minimum absolute atomic E-state index is 0.328. The van der Waals surface area contributed by atoms with Gasteiger partial charge in [-0.1, -0.05) is 29.3 Å². The summed E-state index contributed by atoms with van der Waals surface area (Å²) in [6.07, 6.45) is 0. The molecule has 94 valence electrons. The van der Waals surface area contributed by atoms with Crippen molar-refractivity contribution >= 4 is 40.8 Å². The molecule has 0 fully saturated rings. The van der Waals surface area contributed by atoms with Gasteiger partial charge in [-0.25, -0.2) is 0 Å². The van der Waals surface area contributed by atoms with Crippen LogP contribution in [-0.4, -0.2) is 25.0 Å². The minimum atomic E-state index is -0.692. The molecule has 0 spiro atoms. The monoisotopic (exact) mass is 295 g/mol. The fraction of sp³-hybridized carbons (Fsp3) is 0.364. The fourth-order valence-corrected chi connectivity index (χ4v) is 1.72. The van der Waals surface area contributed by atoms with Crippen molar-refractivity contribution in [2.45, 2.75) is 11.9 Å². The molecular formula is C11H12Cl3NO2. The van der Waals surface area contributed by atoms with Crippen LogP contribution in [0.3, 0.4) is 0 Å². The highest BCUT2D eigenvalue weighted by Crippen LogP contribution is 2.22. The molecule has 0 saturated heterocycles. The molecule has 0 aromatic heterocycles. The van der Waals surface area contributed by atoms with Gasteiger partial charge in [0.2, 0.25) is 0 Å². The summed E-state index contributed by atoms with van der Waals surface area (Å²) < 4.78 is 4.50. The Hall–Kier alpha value is -0.480. The molecule has 0 aliphatic carbocycles. The van der Waals surface area contributed by atoms with Crippen molar-refractivity contribution in [1.29, 1.82) is 0 Å². The van der Waals surface area contributed by atoms with Gasteiger partial charge in [0, 0.05) is 13.1 Å². The molecule has 1 rings (SSSR count). The van der Waals surface area contributed by atoms with Gasteiger partial charge in [0.1, 0.15) is 5.38 Å². The van der Waals surface area contributed by atoms with Crippen LogP contribution in [0.1, 0.15) is 5.56 Å². The number of benzene rings is 1. The molecule has 6 heteroatoms. The number of hydrogen-bond acceptors (Lipinski definition) is 3. The lowest BCUT2D eigenvalue weighted by atomic mass is 10.2. The van der Waals surface area contributed by atoms with Crippen LogP contribution < -0.4 is 5.32 Å². The van der Waals surface area contributed by atoms with Crippen LogP contribution in [0.25, 0.3) is 0 Å². The number of hydrogen-bond donors (Lipinski definition) is 1. The van der Waals surface area contributed by atoms with E-state index in [4.69, 9.17) is 34.8 Å². The highest BCUT2D eigenvalue weighted by Gasteiger charge is 2.14. The van der Waals surface area contributed by atoms with Crippen molar-refractivity contribution in [1.82, 2.24) is 5.32 Å². The van der Waals surface area contributed by atoms with Crippen LogP contribution in [0.4, 0.5) is 0 Å². The van der Waals surface area contributed by atoms with Crippen molar-refractivity contribution < 1.29 is 9.53 Å². The predicted molar refractivity (Wildman–Crippen MR) is 69.8 cm³/mol. The summed E-state index contributed by atoms with van der Waals surface area (Å²) in [4.78, 5) is 11.0. The van der Waals surface area contributed by atoms with E-state index in [1.54, 1.807) is 12.1 Å². The van der Waals surface area contributed by atoms with Crippen LogP contribution in [0.2, 0.25) is 10.0 Å². The zero-order valence-corrected chi connectivity index (χ0v) is 11.4. The molecule has 0 bridgehead atoms. The second kappa shape index (κ2) is 7.07. The van der Waals surface area contributed by atoms with Crippen molar-refractivity contribution in [3.63, 3.8) is 0 Å². The SMILES string of the molecule is COC(=O)C(Cl)CNCc1ccc(Cl)c(Cl)c1. The summed E-state index contributed by atoms with van der Waals surface area (Å²) in [5.74, 6) is -0.451. The third-order valence-electron chi connectivity index (χ3n) is 2.09. The van der Waals surface area contributed by atoms with E-state index < -0.39 is 11.3 Å². The van der Waals surface area contributed by atoms with E-state index in [0.29, 0.717) is 23.1 Å². The van der Waals surface area contributed by atoms with Gasteiger partial charge in [0.05, 0.1) is 17.2 Å². The van der Waals surface area contributed by atoms with Gasteiger partial charge in [0.25, 0.3) is 0 Å². The van der Waals surface area contributed by atoms with Crippen LogP contribution in [0.5, 0.6) is 0 Å². The Morgan fingerprint density at radius 1 is 1.41 bits per heavy atom. The third-order valence-corrected chi connectivity index (χ3v) is 3.17. The van der Waals surface area contributed by atoms with Crippen LogP contribution >= 0.6 is 34.8 Å². The number of rotatable bonds is 5. The highest BCUT2D eigenvalue weighted by molar-refractivity contribution is 6.42. The number of esters is 1. The number of nitrogens with one attached hydrogen (secondary N) is 1. The van der Waals surface area contributed by atoms with Gasteiger partial charge in [-0.3, -0.25) is 4.79 Å². The molecule has 3 nitrogen and oxygen atoms in total. The van der Waals surface area contributed by atoms with Gasteiger partial charge in [-0.2, -0.15) is 0 Å². The first kappa shape index (κ1) is 14.6. The third kappa shape index (κ3) is 4.72.